The van der Waals surface area contributed by atoms with Gasteiger partial charge in [-0.15, -0.1) is 0 Å². The summed E-state index contributed by atoms with van der Waals surface area (Å²) in [5, 5.41) is 10.5. The molecule has 0 aliphatic heterocycles. The van der Waals surface area contributed by atoms with Crippen LogP contribution in [0.2, 0.25) is 0 Å². The second-order valence-electron chi connectivity index (χ2n) is 2.80. The van der Waals surface area contributed by atoms with Gasteiger partial charge in [-0.1, -0.05) is 35.0 Å². The predicted molar refractivity (Wildman–Crippen MR) is 59.4 cm³/mol. The van der Waals surface area contributed by atoms with Gasteiger partial charge in [0.1, 0.15) is 0 Å². The van der Waals surface area contributed by atoms with Gasteiger partial charge >= 0.3 is 0 Å². The Bertz CT molecular complexity index is 357. The zero-order chi connectivity index (χ0) is 10.6. The monoisotopic (exact) mass is 255 g/mol. The third kappa shape index (κ3) is 2.96. The molecule has 0 N–H and O–H groups in total. The van der Waals surface area contributed by atoms with Crippen molar-refractivity contribution in [3.05, 3.63) is 50.1 Å². The molecule has 0 aliphatic rings. The van der Waals surface area contributed by atoms with Crippen molar-refractivity contribution in [1.82, 2.24) is 0 Å². The molecule has 0 saturated heterocycles. The minimum Gasteiger partial charge on any atom is -0.259 e. The molecular weight excluding hydrogens is 246 g/mol. The lowest BCUT2D eigenvalue weighted by Crippen LogP contribution is -1.96. The Labute approximate surface area is 90.7 Å². The summed E-state index contributed by atoms with van der Waals surface area (Å²) in [4.78, 5) is 10.2. The smallest absolute Gasteiger partial charge is 0.246 e. The Morgan fingerprint density at radius 2 is 2.07 bits per heavy atom. The van der Waals surface area contributed by atoms with Crippen LogP contribution in [-0.2, 0) is 0 Å². The van der Waals surface area contributed by atoms with Crippen molar-refractivity contribution in [1.29, 1.82) is 0 Å². The van der Waals surface area contributed by atoms with E-state index in [1.54, 1.807) is 13.0 Å². The largest absolute Gasteiger partial charge is 0.259 e. The average Bonchev–Trinajstić information content (AvgIpc) is 2.16. The van der Waals surface area contributed by atoms with Gasteiger partial charge in [-0.05, 0) is 17.7 Å². The van der Waals surface area contributed by atoms with Gasteiger partial charge in [0.2, 0.25) is 5.70 Å². The quantitative estimate of drug-likeness (QED) is 0.613. The van der Waals surface area contributed by atoms with Crippen LogP contribution >= 0.6 is 15.9 Å². The first-order valence-electron chi connectivity index (χ1n) is 4.24. The van der Waals surface area contributed by atoms with Crippen molar-refractivity contribution < 1.29 is 4.92 Å². The van der Waals surface area contributed by atoms with Gasteiger partial charge in [-0.25, -0.2) is 0 Å². The highest BCUT2D eigenvalue weighted by molar-refractivity contribution is 9.10. The number of benzene rings is 1. The highest BCUT2D eigenvalue weighted by Gasteiger charge is 2.06. The van der Waals surface area contributed by atoms with E-state index in [4.69, 9.17) is 0 Å². The lowest BCUT2D eigenvalue weighted by molar-refractivity contribution is -0.425. The van der Waals surface area contributed by atoms with E-state index in [2.05, 4.69) is 15.9 Å². The van der Waals surface area contributed by atoms with Crippen molar-refractivity contribution in [2.45, 2.75) is 13.3 Å². The summed E-state index contributed by atoms with van der Waals surface area (Å²) >= 11 is 3.30. The lowest BCUT2D eigenvalue weighted by Gasteiger charge is -1.95. The van der Waals surface area contributed by atoms with Crippen LogP contribution in [-0.4, -0.2) is 4.92 Å². The lowest BCUT2D eigenvalue weighted by atomic mass is 10.2. The van der Waals surface area contributed by atoms with E-state index in [-0.39, 0.29) is 10.6 Å². The molecule has 0 aliphatic carbocycles. The van der Waals surface area contributed by atoms with Gasteiger partial charge in [0.15, 0.2) is 0 Å². The first kappa shape index (κ1) is 10.9. The Morgan fingerprint density at radius 1 is 1.50 bits per heavy atom. The molecule has 0 bridgehead atoms. The van der Waals surface area contributed by atoms with E-state index >= 15 is 0 Å². The maximum atomic E-state index is 10.5. The highest BCUT2D eigenvalue weighted by atomic mass is 79.9. The molecule has 0 atom stereocenters. The maximum absolute atomic E-state index is 10.5. The Hall–Kier alpha value is -1.16. The third-order valence-corrected chi connectivity index (χ3v) is 2.33. The maximum Gasteiger partial charge on any atom is 0.246 e. The summed E-state index contributed by atoms with van der Waals surface area (Å²) in [6, 6.07) is 7.39. The molecule has 0 aromatic heterocycles. The number of allylic oxidation sites excluding steroid dienone is 1. The number of nitrogens with zero attached hydrogens (tertiary/aromatic N) is 1. The zero-order valence-electron chi connectivity index (χ0n) is 7.74. The Morgan fingerprint density at radius 3 is 2.50 bits per heavy atom. The van der Waals surface area contributed by atoms with Gasteiger partial charge in [-0.2, -0.15) is 0 Å². The predicted octanol–water partition coefficient (Wildman–Crippen LogP) is 3.48. The Balaban J connectivity index is 2.95. The van der Waals surface area contributed by atoms with E-state index in [0.717, 1.165) is 10.0 Å². The molecule has 3 nitrogen and oxygen atoms in total. The first-order chi connectivity index (χ1) is 6.63. The van der Waals surface area contributed by atoms with Crippen LogP contribution in [0, 0.1) is 10.1 Å². The molecule has 1 aromatic carbocycles. The summed E-state index contributed by atoms with van der Waals surface area (Å²) in [7, 11) is 0. The fourth-order valence-electron chi connectivity index (χ4n) is 1.04. The van der Waals surface area contributed by atoms with Crippen molar-refractivity contribution in [2.75, 3.05) is 0 Å². The summed E-state index contributed by atoms with van der Waals surface area (Å²) in [5.74, 6) is 0. The Kier molecular flexibility index (Phi) is 3.83. The number of hydrogen-bond acceptors (Lipinski definition) is 2. The highest BCUT2D eigenvalue weighted by Crippen LogP contribution is 2.14. The SMILES string of the molecule is CC/C(=C\c1ccc(Br)cc1)[N+](=O)[O-]. The molecule has 4 heteroatoms. The molecule has 74 valence electrons. The van der Waals surface area contributed by atoms with Gasteiger partial charge in [0, 0.05) is 17.0 Å². The average molecular weight is 256 g/mol. The number of nitro groups is 1. The molecule has 0 fully saturated rings. The van der Waals surface area contributed by atoms with Crippen LogP contribution in [0.5, 0.6) is 0 Å². The zero-order valence-corrected chi connectivity index (χ0v) is 9.32. The van der Waals surface area contributed by atoms with Crippen LogP contribution in [0.15, 0.2) is 34.4 Å². The van der Waals surface area contributed by atoms with Gasteiger partial charge in [0.05, 0.1) is 4.92 Å². The normalized spacial score (nSPS) is 11.4. The topological polar surface area (TPSA) is 43.1 Å². The van der Waals surface area contributed by atoms with Gasteiger partial charge in [-0.3, -0.25) is 10.1 Å². The van der Waals surface area contributed by atoms with Crippen LogP contribution in [0.1, 0.15) is 18.9 Å². The first-order valence-corrected chi connectivity index (χ1v) is 5.03. The second-order valence-corrected chi connectivity index (χ2v) is 3.71. The molecule has 0 unspecified atom stereocenters. The number of hydrogen-bond donors (Lipinski definition) is 0. The van der Waals surface area contributed by atoms with Crippen molar-refractivity contribution in [3.8, 4) is 0 Å². The van der Waals surface area contributed by atoms with E-state index in [0.29, 0.717) is 6.42 Å². The van der Waals surface area contributed by atoms with Crippen LogP contribution in [0.3, 0.4) is 0 Å². The van der Waals surface area contributed by atoms with E-state index < -0.39 is 0 Å². The minimum absolute atomic E-state index is 0.229. The summed E-state index contributed by atoms with van der Waals surface area (Å²) < 4.78 is 0.966. The third-order valence-electron chi connectivity index (χ3n) is 1.80. The fraction of sp³-hybridized carbons (Fsp3) is 0.200. The van der Waals surface area contributed by atoms with Crippen LogP contribution in [0.4, 0.5) is 0 Å². The molecule has 14 heavy (non-hydrogen) atoms. The number of rotatable bonds is 3. The molecule has 0 heterocycles. The van der Waals surface area contributed by atoms with Crippen LogP contribution < -0.4 is 0 Å². The van der Waals surface area contributed by atoms with Crippen molar-refractivity contribution in [3.63, 3.8) is 0 Å². The fourth-order valence-corrected chi connectivity index (χ4v) is 1.30. The van der Waals surface area contributed by atoms with Crippen LogP contribution in [0.25, 0.3) is 6.08 Å². The van der Waals surface area contributed by atoms with E-state index in [1.807, 2.05) is 24.3 Å². The number of halogens is 1. The molecule has 1 aromatic rings. The summed E-state index contributed by atoms with van der Waals surface area (Å²) in [5.41, 5.74) is 1.08. The molecule has 0 amide bonds. The molecule has 0 spiro atoms. The standard InChI is InChI=1S/C10H10BrNO2/c1-2-10(12(13)14)7-8-3-5-9(11)6-4-8/h3-7H,2H2,1H3/b10-7+. The van der Waals surface area contributed by atoms with Crippen molar-refractivity contribution >= 4 is 22.0 Å². The van der Waals surface area contributed by atoms with Crippen molar-refractivity contribution in [2.24, 2.45) is 0 Å². The van der Waals surface area contributed by atoms with E-state index in [9.17, 15) is 10.1 Å². The minimum atomic E-state index is -0.345. The molecule has 0 radical (unpaired) electrons. The molecule has 1 rings (SSSR count). The second kappa shape index (κ2) is 4.91. The molecular formula is C10H10BrNO2. The van der Waals surface area contributed by atoms with E-state index in [1.165, 1.54) is 0 Å². The molecule has 0 saturated carbocycles. The summed E-state index contributed by atoms with van der Waals surface area (Å²) in [6.07, 6.45) is 2.02. The van der Waals surface area contributed by atoms with Gasteiger partial charge in [0.25, 0.3) is 0 Å². The summed E-state index contributed by atoms with van der Waals surface area (Å²) in [6.45, 7) is 1.77. The van der Waals surface area contributed by atoms with Gasteiger partial charge < -0.3 is 0 Å².